The van der Waals surface area contributed by atoms with Crippen LogP contribution < -0.4 is 11.1 Å². The van der Waals surface area contributed by atoms with Crippen LogP contribution in [0.15, 0.2) is 18.2 Å². The van der Waals surface area contributed by atoms with E-state index in [4.69, 9.17) is 5.73 Å². The Morgan fingerprint density at radius 2 is 2.00 bits per heavy atom. The SMILES string of the molecule is Cl.Cl.Nc1cccc(C2CNC2)n1. The lowest BCUT2D eigenvalue weighted by molar-refractivity contribution is 0.440. The number of nitrogens with two attached hydrogens (primary N) is 1. The van der Waals surface area contributed by atoms with Gasteiger partial charge in [0, 0.05) is 24.7 Å². The molecule has 0 unspecified atom stereocenters. The van der Waals surface area contributed by atoms with Crippen LogP contribution in [0.25, 0.3) is 0 Å². The molecule has 2 rings (SSSR count). The van der Waals surface area contributed by atoms with Crippen molar-refractivity contribution >= 4 is 30.6 Å². The Labute approximate surface area is 89.9 Å². The molecule has 0 aliphatic carbocycles. The maximum Gasteiger partial charge on any atom is 0.123 e. The molecule has 13 heavy (non-hydrogen) atoms. The van der Waals surface area contributed by atoms with E-state index in [0.29, 0.717) is 11.7 Å². The lowest BCUT2D eigenvalue weighted by Gasteiger charge is -2.26. The highest BCUT2D eigenvalue weighted by Crippen LogP contribution is 2.17. The summed E-state index contributed by atoms with van der Waals surface area (Å²) in [5.74, 6) is 1.20. The number of hydrogen-bond donors (Lipinski definition) is 2. The number of anilines is 1. The minimum absolute atomic E-state index is 0. The minimum atomic E-state index is 0. The van der Waals surface area contributed by atoms with Gasteiger partial charge in [-0.1, -0.05) is 6.07 Å². The molecule has 0 radical (unpaired) electrons. The fourth-order valence-electron chi connectivity index (χ4n) is 1.19. The zero-order valence-electron chi connectivity index (χ0n) is 7.06. The van der Waals surface area contributed by atoms with E-state index in [1.807, 2.05) is 18.2 Å². The van der Waals surface area contributed by atoms with Crippen LogP contribution in [0.2, 0.25) is 0 Å². The topological polar surface area (TPSA) is 50.9 Å². The minimum Gasteiger partial charge on any atom is -0.384 e. The number of halogens is 2. The van der Waals surface area contributed by atoms with E-state index in [-0.39, 0.29) is 24.8 Å². The van der Waals surface area contributed by atoms with Gasteiger partial charge in [-0.05, 0) is 12.1 Å². The van der Waals surface area contributed by atoms with Gasteiger partial charge in [-0.15, -0.1) is 24.8 Å². The smallest absolute Gasteiger partial charge is 0.123 e. The first kappa shape index (κ1) is 12.5. The highest BCUT2D eigenvalue weighted by atomic mass is 35.5. The normalized spacial score (nSPS) is 15.1. The van der Waals surface area contributed by atoms with Crippen molar-refractivity contribution in [1.29, 1.82) is 0 Å². The van der Waals surface area contributed by atoms with E-state index >= 15 is 0 Å². The molecule has 1 fully saturated rings. The average Bonchev–Trinajstić information content (AvgIpc) is 1.83. The van der Waals surface area contributed by atoms with Crippen LogP contribution in [0.3, 0.4) is 0 Å². The summed E-state index contributed by atoms with van der Waals surface area (Å²) in [6.07, 6.45) is 0. The Hall–Kier alpha value is -0.510. The van der Waals surface area contributed by atoms with Crippen LogP contribution in [-0.4, -0.2) is 18.1 Å². The van der Waals surface area contributed by atoms with Gasteiger partial charge in [0.05, 0.1) is 0 Å². The quantitative estimate of drug-likeness (QED) is 0.750. The fourth-order valence-corrected chi connectivity index (χ4v) is 1.19. The number of hydrogen-bond acceptors (Lipinski definition) is 3. The van der Waals surface area contributed by atoms with Crippen molar-refractivity contribution in [2.75, 3.05) is 18.8 Å². The van der Waals surface area contributed by atoms with Gasteiger partial charge in [-0.25, -0.2) is 4.98 Å². The van der Waals surface area contributed by atoms with Crippen molar-refractivity contribution < 1.29 is 0 Å². The first-order chi connectivity index (χ1) is 5.36. The molecule has 74 valence electrons. The van der Waals surface area contributed by atoms with Gasteiger partial charge >= 0.3 is 0 Å². The standard InChI is InChI=1S/C8H11N3.2ClH/c9-8-3-1-2-7(11-8)6-4-10-5-6;;/h1-3,6,10H,4-5H2,(H2,9,11);2*1H. The summed E-state index contributed by atoms with van der Waals surface area (Å²) >= 11 is 0. The van der Waals surface area contributed by atoms with E-state index in [1.165, 1.54) is 0 Å². The van der Waals surface area contributed by atoms with Crippen LogP contribution in [-0.2, 0) is 0 Å². The molecular formula is C8H13Cl2N3. The molecule has 0 atom stereocenters. The molecule has 1 aliphatic rings. The molecule has 1 aromatic rings. The summed E-state index contributed by atoms with van der Waals surface area (Å²) in [7, 11) is 0. The molecule has 0 amide bonds. The molecular weight excluding hydrogens is 209 g/mol. The van der Waals surface area contributed by atoms with Crippen LogP contribution in [0, 0.1) is 0 Å². The maximum absolute atomic E-state index is 5.54. The molecule has 2 heterocycles. The van der Waals surface area contributed by atoms with Gasteiger partial charge in [0.1, 0.15) is 5.82 Å². The number of pyridine rings is 1. The second kappa shape index (κ2) is 5.27. The summed E-state index contributed by atoms with van der Waals surface area (Å²) in [6.45, 7) is 2.08. The van der Waals surface area contributed by atoms with Crippen molar-refractivity contribution in [3.63, 3.8) is 0 Å². The number of nitrogens with one attached hydrogen (secondary N) is 1. The maximum atomic E-state index is 5.54. The molecule has 3 nitrogen and oxygen atoms in total. The third-order valence-electron chi connectivity index (χ3n) is 1.99. The van der Waals surface area contributed by atoms with Crippen LogP contribution in [0.4, 0.5) is 5.82 Å². The Kier molecular flexibility index (Phi) is 5.06. The zero-order chi connectivity index (χ0) is 7.68. The molecule has 1 aromatic heterocycles. The Morgan fingerprint density at radius 3 is 2.46 bits per heavy atom. The largest absolute Gasteiger partial charge is 0.384 e. The van der Waals surface area contributed by atoms with E-state index in [2.05, 4.69) is 10.3 Å². The second-order valence-corrected chi connectivity index (χ2v) is 2.84. The molecule has 0 bridgehead atoms. The van der Waals surface area contributed by atoms with Crippen LogP contribution in [0.1, 0.15) is 11.6 Å². The van der Waals surface area contributed by atoms with Crippen molar-refractivity contribution in [3.8, 4) is 0 Å². The van der Waals surface area contributed by atoms with Gasteiger partial charge in [0.25, 0.3) is 0 Å². The molecule has 0 spiro atoms. The van der Waals surface area contributed by atoms with Crippen molar-refractivity contribution in [2.45, 2.75) is 5.92 Å². The van der Waals surface area contributed by atoms with E-state index in [9.17, 15) is 0 Å². The number of nitrogens with zero attached hydrogens (tertiary/aromatic N) is 1. The first-order valence-electron chi connectivity index (χ1n) is 3.79. The predicted octanol–water partition coefficient (Wildman–Crippen LogP) is 1.19. The molecule has 1 aliphatic heterocycles. The van der Waals surface area contributed by atoms with Gasteiger partial charge in [-0.3, -0.25) is 0 Å². The van der Waals surface area contributed by atoms with Crippen LogP contribution in [0.5, 0.6) is 0 Å². The predicted molar refractivity (Wildman–Crippen MR) is 58.8 cm³/mol. The zero-order valence-corrected chi connectivity index (χ0v) is 8.70. The van der Waals surface area contributed by atoms with E-state index in [0.717, 1.165) is 18.8 Å². The third kappa shape index (κ3) is 2.72. The van der Waals surface area contributed by atoms with Gasteiger partial charge < -0.3 is 11.1 Å². The average molecular weight is 222 g/mol. The van der Waals surface area contributed by atoms with Gasteiger partial charge in [-0.2, -0.15) is 0 Å². The molecule has 5 heteroatoms. The van der Waals surface area contributed by atoms with Gasteiger partial charge in [0.15, 0.2) is 0 Å². The van der Waals surface area contributed by atoms with Crippen molar-refractivity contribution in [1.82, 2.24) is 10.3 Å². The summed E-state index contributed by atoms with van der Waals surface area (Å²) in [5, 5.41) is 3.20. The fraction of sp³-hybridized carbons (Fsp3) is 0.375. The number of aromatic nitrogens is 1. The molecule has 1 saturated heterocycles. The highest BCUT2D eigenvalue weighted by molar-refractivity contribution is 5.85. The Bertz CT molecular complexity index is 263. The van der Waals surface area contributed by atoms with Crippen molar-refractivity contribution in [2.24, 2.45) is 0 Å². The van der Waals surface area contributed by atoms with E-state index in [1.54, 1.807) is 0 Å². The Morgan fingerprint density at radius 1 is 1.31 bits per heavy atom. The molecule has 3 N–H and O–H groups in total. The van der Waals surface area contributed by atoms with Crippen molar-refractivity contribution in [3.05, 3.63) is 23.9 Å². The summed E-state index contributed by atoms with van der Waals surface area (Å²) in [4.78, 5) is 4.23. The summed E-state index contributed by atoms with van der Waals surface area (Å²) in [5.41, 5.74) is 6.66. The Balaban J connectivity index is 0.000000720. The highest BCUT2D eigenvalue weighted by Gasteiger charge is 2.19. The molecule has 0 aromatic carbocycles. The lowest BCUT2D eigenvalue weighted by atomic mass is 9.99. The lowest BCUT2D eigenvalue weighted by Crippen LogP contribution is -2.40. The number of rotatable bonds is 1. The summed E-state index contributed by atoms with van der Waals surface area (Å²) in [6, 6.07) is 5.80. The van der Waals surface area contributed by atoms with Gasteiger partial charge in [0.2, 0.25) is 0 Å². The first-order valence-corrected chi connectivity index (χ1v) is 3.79. The third-order valence-corrected chi connectivity index (χ3v) is 1.99. The molecule has 0 saturated carbocycles. The summed E-state index contributed by atoms with van der Waals surface area (Å²) < 4.78 is 0. The monoisotopic (exact) mass is 221 g/mol. The second-order valence-electron chi connectivity index (χ2n) is 2.84. The van der Waals surface area contributed by atoms with Crippen LogP contribution >= 0.6 is 24.8 Å². The number of nitrogen functional groups attached to an aromatic ring is 1. The van der Waals surface area contributed by atoms with E-state index < -0.39 is 0 Å².